The summed E-state index contributed by atoms with van der Waals surface area (Å²) in [4.78, 5) is 9.23. The van der Waals surface area contributed by atoms with Crippen LogP contribution in [0, 0.1) is 24.0 Å². The molecule has 0 aliphatic heterocycles. The highest BCUT2D eigenvalue weighted by atomic mass is 32.2. The van der Waals surface area contributed by atoms with E-state index in [1.54, 1.807) is 13.0 Å². The number of benzene rings is 3. The molecule has 0 heterocycles. The maximum absolute atomic E-state index is 11.6. The van der Waals surface area contributed by atoms with Crippen LogP contribution in [0.2, 0.25) is 0 Å². The SMILES string of the molecule is CC.CCCOc1cc(N)c(C)cc1N.Cc1cc(N)c(OCCCS(=O)(=O)O)cc1N=Nc1ccc([N+](=O)[O-])cc1S(=O)(=O)O. The van der Waals surface area contributed by atoms with Crippen molar-refractivity contribution < 1.29 is 40.3 Å². The minimum atomic E-state index is -4.82. The summed E-state index contributed by atoms with van der Waals surface area (Å²) in [6, 6.07) is 9.16. The normalized spacial score (nSPS) is 11.2. The number of aryl methyl sites for hydroxylation is 2. The molecule has 16 nitrogen and oxygen atoms in total. The van der Waals surface area contributed by atoms with Crippen molar-refractivity contribution in [3.05, 3.63) is 63.7 Å². The van der Waals surface area contributed by atoms with Gasteiger partial charge in [-0.15, -0.1) is 5.11 Å². The molecule has 0 aromatic heterocycles. The number of hydrogen-bond donors (Lipinski definition) is 5. The van der Waals surface area contributed by atoms with Crippen LogP contribution in [0.3, 0.4) is 0 Å². The molecule has 0 spiro atoms. The van der Waals surface area contributed by atoms with Crippen LogP contribution in [0.15, 0.2) is 57.6 Å². The molecule has 3 aromatic rings. The minimum Gasteiger partial charge on any atom is -0.491 e. The summed E-state index contributed by atoms with van der Waals surface area (Å²) in [5.41, 5.74) is 19.8. The van der Waals surface area contributed by atoms with Gasteiger partial charge in [0, 0.05) is 30.0 Å². The third kappa shape index (κ3) is 12.8. The first-order valence-corrected chi connectivity index (χ1v) is 16.9. The molecule has 254 valence electrons. The largest absolute Gasteiger partial charge is 0.491 e. The van der Waals surface area contributed by atoms with Crippen molar-refractivity contribution in [3.8, 4) is 11.5 Å². The Balaban J connectivity index is 0.000000586. The Kier molecular flexibility index (Phi) is 15.3. The van der Waals surface area contributed by atoms with Gasteiger partial charge >= 0.3 is 0 Å². The number of hydrogen-bond acceptors (Lipinski definition) is 13. The highest BCUT2D eigenvalue weighted by molar-refractivity contribution is 7.86. The summed E-state index contributed by atoms with van der Waals surface area (Å²) in [7, 11) is -8.94. The van der Waals surface area contributed by atoms with E-state index in [1.165, 1.54) is 12.1 Å². The number of nitrogens with two attached hydrogens (primary N) is 3. The summed E-state index contributed by atoms with van der Waals surface area (Å²) in [5.74, 6) is 0.336. The number of ether oxygens (including phenoxy) is 2. The average Bonchev–Trinajstić information content (AvgIpc) is 2.97. The summed E-state index contributed by atoms with van der Waals surface area (Å²) in [6.45, 7) is 10.2. The van der Waals surface area contributed by atoms with Gasteiger partial charge in [-0.3, -0.25) is 19.2 Å². The molecule has 0 atom stereocenters. The van der Waals surface area contributed by atoms with E-state index in [9.17, 15) is 31.5 Å². The van der Waals surface area contributed by atoms with Gasteiger partial charge in [0.05, 0.1) is 41.0 Å². The predicted molar refractivity (Wildman–Crippen MR) is 176 cm³/mol. The first-order valence-electron chi connectivity index (χ1n) is 13.9. The van der Waals surface area contributed by atoms with Gasteiger partial charge < -0.3 is 26.7 Å². The molecule has 0 radical (unpaired) electrons. The molecule has 3 rings (SSSR count). The summed E-state index contributed by atoms with van der Waals surface area (Å²) in [5, 5.41) is 18.5. The second-order valence-corrected chi connectivity index (χ2v) is 12.3. The third-order valence-electron chi connectivity index (χ3n) is 5.69. The maximum Gasteiger partial charge on any atom is 0.297 e. The van der Waals surface area contributed by atoms with E-state index in [0.717, 1.165) is 29.8 Å². The van der Waals surface area contributed by atoms with E-state index < -0.39 is 41.5 Å². The van der Waals surface area contributed by atoms with Crippen molar-refractivity contribution >= 4 is 54.4 Å². The van der Waals surface area contributed by atoms with Crippen molar-refractivity contribution in [2.75, 3.05) is 36.2 Å². The van der Waals surface area contributed by atoms with E-state index >= 15 is 0 Å². The van der Waals surface area contributed by atoms with Crippen molar-refractivity contribution in [2.24, 2.45) is 10.2 Å². The monoisotopic (exact) mass is 684 g/mol. The van der Waals surface area contributed by atoms with Gasteiger partial charge in [0.1, 0.15) is 22.1 Å². The van der Waals surface area contributed by atoms with Gasteiger partial charge in [0.25, 0.3) is 25.9 Å². The maximum atomic E-state index is 11.6. The average molecular weight is 685 g/mol. The Hall–Kier alpha value is -4.52. The van der Waals surface area contributed by atoms with Crippen LogP contribution in [0.25, 0.3) is 0 Å². The molecule has 0 amide bonds. The quantitative estimate of drug-likeness (QED) is 0.0378. The summed E-state index contributed by atoms with van der Waals surface area (Å²) < 4.78 is 73.4. The van der Waals surface area contributed by atoms with Crippen LogP contribution in [-0.2, 0) is 20.2 Å². The fraction of sp³-hybridized carbons (Fsp3) is 0.357. The zero-order valence-corrected chi connectivity index (χ0v) is 27.8. The molecule has 0 saturated heterocycles. The number of nitrogens with zero attached hydrogens (tertiary/aromatic N) is 3. The van der Waals surface area contributed by atoms with Gasteiger partial charge in [0.2, 0.25) is 0 Å². The third-order valence-corrected chi connectivity index (χ3v) is 7.38. The number of rotatable bonds is 12. The number of nitro groups is 1. The van der Waals surface area contributed by atoms with Crippen LogP contribution >= 0.6 is 0 Å². The Morgan fingerprint density at radius 3 is 1.89 bits per heavy atom. The molecule has 3 aromatic carbocycles. The van der Waals surface area contributed by atoms with Gasteiger partial charge in [-0.2, -0.15) is 21.9 Å². The van der Waals surface area contributed by atoms with Crippen LogP contribution in [0.5, 0.6) is 11.5 Å². The number of non-ortho nitro benzene ring substituents is 1. The second-order valence-electron chi connectivity index (χ2n) is 9.34. The first-order chi connectivity index (χ1) is 21.4. The smallest absolute Gasteiger partial charge is 0.297 e. The molecule has 0 aliphatic rings. The molecular weight excluding hydrogens is 644 g/mol. The highest BCUT2D eigenvalue weighted by Gasteiger charge is 2.20. The molecular formula is C28H40N6O10S2. The number of azo groups is 1. The lowest BCUT2D eigenvalue weighted by atomic mass is 10.1. The Bertz CT molecular complexity index is 1750. The fourth-order valence-corrected chi connectivity index (χ4v) is 4.56. The number of nitrogen functional groups attached to an aromatic ring is 3. The van der Waals surface area contributed by atoms with Crippen molar-refractivity contribution in [1.82, 2.24) is 0 Å². The standard InChI is InChI=1S/C16H18N4O9S2.C10H16N2O.C2H6/c1-10-7-12(17)15(29-5-2-6-30(23,24)25)9-14(10)19-18-13-4-3-11(20(21)22)8-16(13)31(26,27)28;1-3-4-13-10-6-8(11)7(2)5-9(10)12;1-2/h3-4,7-9H,2,5-6,17H2,1H3,(H,23,24,25)(H,26,27,28);5-6H,3-4,11-12H2,1-2H3;1-2H3. The van der Waals surface area contributed by atoms with Crippen LogP contribution in [-0.4, -0.2) is 49.8 Å². The van der Waals surface area contributed by atoms with E-state index in [2.05, 4.69) is 10.2 Å². The van der Waals surface area contributed by atoms with Crippen molar-refractivity contribution in [2.45, 2.75) is 52.4 Å². The van der Waals surface area contributed by atoms with Gasteiger partial charge in [-0.25, -0.2) is 0 Å². The molecule has 0 aliphatic carbocycles. The van der Waals surface area contributed by atoms with Gasteiger partial charge in [-0.05, 0) is 56.0 Å². The van der Waals surface area contributed by atoms with E-state index in [-0.39, 0.29) is 35.8 Å². The second kappa shape index (κ2) is 17.8. The topological polar surface area (TPSA) is 273 Å². The van der Waals surface area contributed by atoms with Crippen LogP contribution < -0.4 is 26.7 Å². The summed E-state index contributed by atoms with van der Waals surface area (Å²) in [6.07, 6.45) is 0.969. The highest BCUT2D eigenvalue weighted by Crippen LogP contribution is 2.34. The molecule has 0 unspecified atom stereocenters. The fourth-order valence-electron chi connectivity index (χ4n) is 3.43. The zero-order chi connectivity index (χ0) is 35.2. The summed E-state index contributed by atoms with van der Waals surface area (Å²) >= 11 is 0. The van der Waals surface area contributed by atoms with Crippen LogP contribution in [0.4, 0.5) is 34.1 Å². The molecule has 0 bridgehead atoms. The molecule has 0 saturated carbocycles. The zero-order valence-electron chi connectivity index (χ0n) is 26.1. The predicted octanol–water partition coefficient (Wildman–Crippen LogP) is 5.78. The lowest BCUT2D eigenvalue weighted by molar-refractivity contribution is -0.385. The van der Waals surface area contributed by atoms with E-state index in [0.29, 0.717) is 29.7 Å². The lowest BCUT2D eigenvalue weighted by Gasteiger charge is -2.11. The van der Waals surface area contributed by atoms with Gasteiger partial charge in [0.15, 0.2) is 0 Å². The molecule has 8 N–H and O–H groups in total. The van der Waals surface area contributed by atoms with Crippen molar-refractivity contribution in [1.29, 1.82) is 0 Å². The molecule has 46 heavy (non-hydrogen) atoms. The van der Waals surface area contributed by atoms with E-state index in [4.69, 9.17) is 31.2 Å². The number of anilines is 3. The minimum absolute atomic E-state index is 0.00349. The Morgan fingerprint density at radius 1 is 0.804 bits per heavy atom. The van der Waals surface area contributed by atoms with Gasteiger partial charge in [-0.1, -0.05) is 20.8 Å². The lowest BCUT2D eigenvalue weighted by Crippen LogP contribution is -2.09. The van der Waals surface area contributed by atoms with E-state index in [1.807, 2.05) is 33.8 Å². The molecule has 18 heteroatoms. The number of nitro benzene ring substituents is 1. The molecule has 0 fully saturated rings. The first kappa shape index (κ1) is 39.5. The Morgan fingerprint density at radius 2 is 1.35 bits per heavy atom. The van der Waals surface area contributed by atoms with Crippen molar-refractivity contribution in [3.63, 3.8) is 0 Å². The Labute approximate surface area is 268 Å². The van der Waals surface area contributed by atoms with Crippen LogP contribution in [0.1, 0.15) is 44.7 Å².